The van der Waals surface area contributed by atoms with Crippen molar-refractivity contribution in [2.24, 2.45) is 5.41 Å². The predicted octanol–water partition coefficient (Wildman–Crippen LogP) is 0.511. The van der Waals surface area contributed by atoms with Gasteiger partial charge in [-0.05, 0) is 31.8 Å². The fourth-order valence-electron chi connectivity index (χ4n) is 1.70. The largest absolute Gasteiger partial charge is 0.387 e. The van der Waals surface area contributed by atoms with E-state index in [0.29, 0.717) is 6.54 Å². The molecule has 0 aromatic heterocycles. The number of carbonyl (C=O) groups is 1. The molecule has 0 fully saturated rings. The van der Waals surface area contributed by atoms with Crippen LogP contribution in [-0.4, -0.2) is 37.8 Å². The van der Waals surface area contributed by atoms with Crippen LogP contribution in [0.3, 0.4) is 0 Å². The summed E-state index contributed by atoms with van der Waals surface area (Å²) < 4.78 is 0. The third-order valence-corrected chi connectivity index (χ3v) is 2.69. The maximum atomic E-state index is 11.0. The third-order valence-electron chi connectivity index (χ3n) is 2.69. The molecule has 90 valence electrons. The molecule has 1 atom stereocenters. The Balaban J connectivity index is 4.05. The average Bonchev–Trinajstić information content (AvgIpc) is 2.24. The number of carbonyl (C=O) groups excluding carboxylic acids is 1. The van der Waals surface area contributed by atoms with Crippen LogP contribution in [0.5, 0.6) is 0 Å². The molecule has 0 aromatic rings. The van der Waals surface area contributed by atoms with E-state index in [4.69, 9.17) is 5.11 Å². The topological polar surface area (TPSA) is 61.4 Å². The Bertz CT molecular complexity index is 185. The zero-order valence-electron chi connectivity index (χ0n) is 10.1. The molecule has 15 heavy (non-hydrogen) atoms. The lowest BCUT2D eigenvalue weighted by Gasteiger charge is -2.29. The first-order valence-electron chi connectivity index (χ1n) is 5.60. The van der Waals surface area contributed by atoms with Crippen LogP contribution in [0.4, 0.5) is 0 Å². The minimum Gasteiger partial charge on any atom is -0.387 e. The first kappa shape index (κ1) is 14.4. The summed E-state index contributed by atoms with van der Waals surface area (Å²) in [5, 5.41) is 14.5. The van der Waals surface area contributed by atoms with Crippen LogP contribution in [-0.2, 0) is 4.79 Å². The van der Waals surface area contributed by atoms with Crippen LogP contribution in [0.1, 0.15) is 33.1 Å². The predicted molar refractivity (Wildman–Crippen MR) is 61.7 cm³/mol. The van der Waals surface area contributed by atoms with Crippen LogP contribution in [0.25, 0.3) is 0 Å². The van der Waals surface area contributed by atoms with Gasteiger partial charge in [-0.25, -0.2) is 0 Å². The van der Waals surface area contributed by atoms with Crippen LogP contribution < -0.4 is 10.6 Å². The van der Waals surface area contributed by atoms with E-state index in [0.717, 1.165) is 25.8 Å². The highest BCUT2D eigenvalue weighted by molar-refractivity contribution is 5.76. The van der Waals surface area contributed by atoms with Gasteiger partial charge in [0.2, 0.25) is 5.91 Å². The summed E-state index contributed by atoms with van der Waals surface area (Å²) in [4.78, 5) is 11.0. The van der Waals surface area contributed by atoms with Crippen molar-refractivity contribution in [3.63, 3.8) is 0 Å². The molecule has 0 aliphatic carbocycles. The molecule has 0 saturated carbocycles. The highest BCUT2D eigenvalue weighted by Crippen LogP contribution is 2.26. The van der Waals surface area contributed by atoms with Crippen LogP contribution >= 0.6 is 0 Å². The normalized spacial score (nSPS) is 14.7. The van der Waals surface area contributed by atoms with Crippen molar-refractivity contribution >= 4 is 5.91 Å². The smallest absolute Gasteiger partial charge is 0.245 e. The van der Waals surface area contributed by atoms with E-state index < -0.39 is 6.61 Å². The zero-order valence-corrected chi connectivity index (χ0v) is 10.1. The van der Waals surface area contributed by atoms with Gasteiger partial charge in [0.05, 0.1) is 0 Å². The fraction of sp³-hybridized carbons (Fsp3) is 0.909. The Hall–Kier alpha value is -0.610. The van der Waals surface area contributed by atoms with Gasteiger partial charge in [0.1, 0.15) is 6.61 Å². The summed E-state index contributed by atoms with van der Waals surface area (Å²) in [7, 11) is 1.93. The van der Waals surface area contributed by atoms with Crippen LogP contribution in [0, 0.1) is 5.41 Å². The summed E-state index contributed by atoms with van der Waals surface area (Å²) in [5.41, 5.74) is 0.128. The van der Waals surface area contributed by atoms with Gasteiger partial charge >= 0.3 is 0 Å². The van der Waals surface area contributed by atoms with Crippen molar-refractivity contribution in [1.82, 2.24) is 10.6 Å². The highest BCUT2D eigenvalue weighted by Gasteiger charge is 2.23. The van der Waals surface area contributed by atoms with E-state index in [2.05, 4.69) is 24.5 Å². The second-order valence-corrected chi connectivity index (χ2v) is 4.35. The molecule has 0 aliphatic rings. The van der Waals surface area contributed by atoms with Gasteiger partial charge in [-0.2, -0.15) is 0 Å². The summed E-state index contributed by atoms with van der Waals surface area (Å²) in [6, 6.07) is 0. The van der Waals surface area contributed by atoms with Gasteiger partial charge in [-0.15, -0.1) is 0 Å². The molecule has 1 amide bonds. The Morgan fingerprint density at radius 3 is 2.53 bits per heavy atom. The Morgan fingerprint density at radius 1 is 1.40 bits per heavy atom. The standard InChI is InChI=1S/C11H24N2O2/c1-4-5-11(2,6-7-12-3)9-13-10(15)8-14/h12,14H,4-9H2,1-3H3,(H,13,15). The highest BCUT2D eigenvalue weighted by atomic mass is 16.3. The molecule has 0 bridgehead atoms. The molecule has 0 radical (unpaired) electrons. The van der Waals surface area contributed by atoms with E-state index in [1.165, 1.54) is 0 Å². The monoisotopic (exact) mass is 216 g/mol. The number of aliphatic hydroxyl groups excluding tert-OH is 1. The maximum Gasteiger partial charge on any atom is 0.245 e. The van der Waals surface area contributed by atoms with E-state index in [-0.39, 0.29) is 11.3 Å². The molecule has 4 nitrogen and oxygen atoms in total. The minimum absolute atomic E-state index is 0.128. The summed E-state index contributed by atoms with van der Waals surface area (Å²) in [5.74, 6) is -0.290. The summed E-state index contributed by atoms with van der Waals surface area (Å²) >= 11 is 0. The molecule has 4 heteroatoms. The lowest BCUT2D eigenvalue weighted by Crippen LogP contribution is -2.38. The molecular weight excluding hydrogens is 192 g/mol. The van der Waals surface area contributed by atoms with E-state index >= 15 is 0 Å². The lowest BCUT2D eigenvalue weighted by atomic mass is 9.82. The number of hydrogen-bond donors (Lipinski definition) is 3. The second-order valence-electron chi connectivity index (χ2n) is 4.35. The second kappa shape index (κ2) is 7.65. The number of amides is 1. The molecule has 0 aliphatic heterocycles. The molecule has 0 heterocycles. The summed E-state index contributed by atoms with van der Waals surface area (Å²) in [6.07, 6.45) is 3.22. The zero-order chi connectivity index (χ0) is 11.7. The van der Waals surface area contributed by atoms with Gasteiger partial charge < -0.3 is 15.7 Å². The molecule has 0 saturated heterocycles. The molecule has 3 N–H and O–H groups in total. The number of nitrogens with one attached hydrogen (secondary N) is 2. The van der Waals surface area contributed by atoms with E-state index in [1.807, 2.05) is 7.05 Å². The minimum atomic E-state index is -0.422. The Labute approximate surface area is 92.4 Å². The quantitative estimate of drug-likeness (QED) is 0.554. The van der Waals surface area contributed by atoms with Gasteiger partial charge in [-0.3, -0.25) is 4.79 Å². The molecular formula is C11H24N2O2. The Morgan fingerprint density at radius 2 is 2.07 bits per heavy atom. The van der Waals surface area contributed by atoms with Crippen molar-refractivity contribution in [3.8, 4) is 0 Å². The molecule has 0 rings (SSSR count). The summed E-state index contributed by atoms with van der Waals surface area (Å²) in [6.45, 7) is 5.48. The molecule has 0 aromatic carbocycles. The number of aliphatic hydroxyl groups is 1. The maximum absolute atomic E-state index is 11.0. The van der Waals surface area contributed by atoms with Gasteiger partial charge in [0, 0.05) is 6.54 Å². The molecule has 1 unspecified atom stereocenters. The van der Waals surface area contributed by atoms with Crippen LogP contribution in [0.15, 0.2) is 0 Å². The number of hydrogen-bond acceptors (Lipinski definition) is 3. The van der Waals surface area contributed by atoms with Crippen LogP contribution in [0.2, 0.25) is 0 Å². The van der Waals surface area contributed by atoms with Crippen molar-refractivity contribution in [2.75, 3.05) is 26.7 Å². The van der Waals surface area contributed by atoms with Crippen molar-refractivity contribution in [3.05, 3.63) is 0 Å². The fourth-order valence-corrected chi connectivity index (χ4v) is 1.70. The van der Waals surface area contributed by atoms with Gasteiger partial charge in [0.25, 0.3) is 0 Å². The Kier molecular flexibility index (Phi) is 7.34. The van der Waals surface area contributed by atoms with Gasteiger partial charge in [-0.1, -0.05) is 20.3 Å². The first-order chi connectivity index (χ1) is 7.08. The average molecular weight is 216 g/mol. The first-order valence-corrected chi connectivity index (χ1v) is 5.60. The van der Waals surface area contributed by atoms with Crippen molar-refractivity contribution < 1.29 is 9.90 Å². The number of rotatable bonds is 8. The lowest BCUT2D eigenvalue weighted by molar-refractivity contribution is -0.124. The SMILES string of the molecule is CCCC(C)(CCNC)CNC(=O)CO. The molecule has 0 spiro atoms. The van der Waals surface area contributed by atoms with Gasteiger partial charge in [0.15, 0.2) is 0 Å². The van der Waals surface area contributed by atoms with E-state index in [1.54, 1.807) is 0 Å². The van der Waals surface area contributed by atoms with Crippen molar-refractivity contribution in [1.29, 1.82) is 0 Å². The third kappa shape index (κ3) is 6.47. The van der Waals surface area contributed by atoms with E-state index in [9.17, 15) is 4.79 Å². The van der Waals surface area contributed by atoms with Crippen molar-refractivity contribution in [2.45, 2.75) is 33.1 Å².